The lowest BCUT2D eigenvalue weighted by Gasteiger charge is -2.06. The SMILES string of the molecule is O=Cc1cc(Oc2ccccc2)ccc1O.O=Cc1cc(Oc2ccccc2)ccc1O. The molecule has 0 heterocycles. The van der Waals surface area contributed by atoms with Gasteiger partial charge in [-0.2, -0.15) is 0 Å². The quantitative estimate of drug-likeness (QED) is 0.366. The summed E-state index contributed by atoms with van der Waals surface area (Å²) in [4.78, 5) is 21.2. The first kappa shape index (κ1) is 22.1. The van der Waals surface area contributed by atoms with Crippen molar-refractivity contribution in [1.82, 2.24) is 0 Å². The minimum atomic E-state index is -0.0459. The predicted molar refractivity (Wildman–Crippen MR) is 120 cm³/mol. The number of ether oxygens (including phenoxy) is 2. The Kier molecular flexibility index (Phi) is 7.59. The summed E-state index contributed by atoms with van der Waals surface area (Å²) in [6.45, 7) is 0. The smallest absolute Gasteiger partial charge is 0.153 e. The molecule has 2 N–H and O–H groups in total. The van der Waals surface area contributed by atoms with E-state index in [2.05, 4.69) is 0 Å². The molecule has 0 aromatic heterocycles. The predicted octanol–water partition coefficient (Wildman–Crippen LogP) is 5.99. The first-order valence-corrected chi connectivity index (χ1v) is 9.61. The van der Waals surface area contributed by atoms with Crippen LogP contribution in [0.1, 0.15) is 20.7 Å². The molecule has 0 aliphatic rings. The summed E-state index contributed by atoms with van der Waals surface area (Å²) in [7, 11) is 0. The third-order valence-corrected chi connectivity index (χ3v) is 4.21. The fourth-order valence-corrected chi connectivity index (χ4v) is 2.63. The summed E-state index contributed by atoms with van der Waals surface area (Å²) in [6.07, 6.45) is 1.18. The van der Waals surface area contributed by atoms with Gasteiger partial charge >= 0.3 is 0 Å². The van der Waals surface area contributed by atoms with Gasteiger partial charge in [-0.3, -0.25) is 9.59 Å². The van der Waals surface area contributed by atoms with Crippen molar-refractivity contribution in [2.75, 3.05) is 0 Å². The second-order valence-electron chi connectivity index (χ2n) is 6.51. The van der Waals surface area contributed by atoms with Crippen LogP contribution in [0.25, 0.3) is 0 Å². The Balaban J connectivity index is 0.000000181. The van der Waals surface area contributed by atoms with E-state index in [0.717, 1.165) is 0 Å². The van der Waals surface area contributed by atoms with E-state index in [-0.39, 0.29) is 22.6 Å². The van der Waals surface area contributed by atoms with Gasteiger partial charge in [0.1, 0.15) is 34.5 Å². The molecule has 4 aromatic carbocycles. The van der Waals surface area contributed by atoms with E-state index in [1.807, 2.05) is 60.7 Å². The van der Waals surface area contributed by atoms with Gasteiger partial charge in [-0.25, -0.2) is 0 Å². The number of phenolic OH excluding ortho intramolecular Hbond substituents is 2. The fraction of sp³-hybridized carbons (Fsp3) is 0. The zero-order valence-electron chi connectivity index (χ0n) is 16.9. The summed E-state index contributed by atoms with van der Waals surface area (Å²) >= 11 is 0. The molecule has 0 radical (unpaired) electrons. The zero-order valence-corrected chi connectivity index (χ0v) is 16.9. The number of para-hydroxylation sites is 2. The van der Waals surface area contributed by atoms with E-state index in [1.54, 1.807) is 12.1 Å². The molecule has 0 aliphatic carbocycles. The highest BCUT2D eigenvalue weighted by Crippen LogP contribution is 2.26. The lowest BCUT2D eigenvalue weighted by atomic mass is 10.2. The van der Waals surface area contributed by atoms with E-state index in [9.17, 15) is 19.8 Å². The van der Waals surface area contributed by atoms with Crippen LogP contribution in [0.5, 0.6) is 34.5 Å². The van der Waals surface area contributed by atoms with Crippen molar-refractivity contribution in [2.45, 2.75) is 0 Å². The largest absolute Gasteiger partial charge is 0.507 e. The minimum absolute atomic E-state index is 0.0459. The number of aldehydes is 2. The van der Waals surface area contributed by atoms with Gasteiger partial charge < -0.3 is 19.7 Å². The van der Waals surface area contributed by atoms with Crippen LogP contribution >= 0.6 is 0 Å². The molecular formula is C26H20O6. The molecule has 0 atom stereocenters. The van der Waals surface area contributed by atoms with Crippen LogP contribution in [0.3, 0.4) is 0 Å². The van der Waals surface area contributed by atoms with Crippen LogP contribution in [0, 0.1) is 0 Å². The standard InChI is InChI=1S/2C13H10O3/c2*14-9-10-8-12(6-7-13(10)15)16-11-4-2-1-3-5-11/h2*1-9,15H. The molecule has 4 aromatic rings. The van der Waals surface area contributed by atoms with Gasteiger partial charge in [0.05, 0.1) is 11.1 Å². The van der Waals surface area contributed by atoms with E-state index in [1.165, 1.54) is 24.3 Å². The van der Waals surface area contributed by atoms with Crippen LogP contribution in [-0.2, 0) is 0 Å². The van der Waals surface area contributed by atoms with Crippen molar-refractivity contribution < 1.29 is 29.3 Å². The van der Waals surface area contributed by atoms with Gasteiger partial charge in [0.2, 0.25) is 0 Å². The molecule has 0 amide bonds. The monoisotopic (exact) mass is 428 g/mol. The highest BCUT2D eigenvalue weighted by Gasteiger charge is 2.04. The number of carbonyl (C=O) groups excluding carboxylic acids is 2. The summed E-state index contributed by atoms with van der Waals surface area (Å²) < 4.78 is 11.0. The third kappa shape index (κ3) is 6.21. The van der Waals surface area contributed by atoms with Gasteiger partial charge in [0, 0.05) is 0 Å². The molecule has 4 rings (SSSR count). The van der Waals surface area contributed by atoms with Crippen molar-refractivity contribution in [3.63, 3.8) is 0 Å². The number of benzene rings is 4. The van der Waals surface area contributed by atoms with E-state index in [4.69, 9.17) is 9.47 Å². The Labute approximate surface area is 184 Å². The molecule has 0 saturated carbocycles. The second-order valence-corrected chi connectivity index (χ2v) is 6.51. The Morgan fingerprint density at radius 2 is 0.875 bits per heavy atom. The molecular weight excluding hydrogens is 408 g/mol. The van der Waals surface area contributed by atoms with Crippen LogP contribution in [0.2, 0.25) is 0 Å². The van der Waals surface area contributed by atoms with Gasteiger partial charge in [0.15, 0.2) is 12.6 Å². The van der Waals surface area contributed by atoms with Crippen molar-refractivity contribution in [3.05, 3.63) is 108 Å². The van der Waals surface area contributed by atoms with Gasteiger partial charge in [0.25, 0.3) is 0 Å². The van der Waals surface area contributed by atoms with Crippen molar-refractivity contribution in [3.8, 4) is 34.5 Å². The van der Waals surface area contributed by atoms with Gasteiger partial charge in [-0.05, 0) is 60.7 Å². The molecule has 6 nitrogen and oxygen atoms in total. The molecule has 0 aliphatic heterocycles. The Morgan fingerprint density at radius 3 is 1.22 bits per heavy atom. The average Bonchev–Trinajstić information content (AvgIpc) is 2.83. The molecule has 160 valence electrons. The molecule has 0 bridgehead atoms. The first-order valence-electron chi connectivity index (χ1n) is 9.61. The molecule has 0 unspecified atom stereocenters. The van der Waals surface area contributed by atoms with Gasteiger partial charge in [-0.1, -0.05) is 36.4 Å². The van der Waals surface area contributed by atoms with Crippen LogP contribution in [0.4, 0.5) is 0 Å². The van der Waals surface area contributed by atoms with Crippen molar-refractivity contribution >= 4 is 12.6 Å². The Bertz CT molecular complexity index is 1080. The Morgan fingerprint density at radius 1 is 0.500 bits per heavy atom. The first-order chi connectivity index (χ1) is 15.6. The molecule has 0 spiro atoms. The number of rotatable bonds is 6. The second kappa shape index (κ2) is 11.0. The van der Waals surface area contributed by atoms with E-state index in [0.29, 0.717) is 35.6 Å². The third-order valence-electron chi connectivity index (χ3n) is 4.21. The maximum absolute atomic E-state index is 10.6. The fourth-order valence-electron chi connectivity index (χ4n) is 2.63. The average molecular weight is 428 g/mol. The highest BCUT2D eigenvalue weighted by molar-refractivity contribution is 5.80. The van der Waals surface area contributed by atoms with E-state index >= 15 is 0 Å². The topological polar surface area (TPSA) is 93.1 Å². The highest BCUT2D eigenvalue weighted by atomic mass is 16.5. The summed E-state index contributed by atoms with van der Waals surface area (Å²) in [5.74, 6) is 2.32. The lowest BCUT2D eigenvalue weighted by molar-refractivity contribution is 0.111. The van der Waals surface area contributed by atoms with Crippen molar-refractivity contribution in [1.29, 1.82) is 0 Å². The number of aromatic hydroxyl groups is 2. The maximum atomic E-state index is 10.6. The van der Waals surface area contributed by atoms with Gasteiger partial charge in [-0.15, -0.1) is 0 Å². The Hall–Kier alpha value is -4.58. The maximum Gasteiger partial charge on any atom is 0.153 e. The molecule has 0 fully saturated rings. The van der Waals surface area contributed by atoms with Crippen LogP contribution in [0.15, 0.2) is 97.1 Å². The molecule has 0 saturated heterocycles. The normalized spacial score (nSPS) is 9.75. The molecule has 32 heavy (non-hydrogen) atoms. The van der Waals surface area contributed by atoms with Crippen LogP contribution in [-0.4, -0.2) is 22.8 Å². The number of carbonyl (C=O) groups is 2. The summed E-state index contributed by atoms with van der Waals surface area (Å²) in [6, 6.07) is 27.5. The van der Waals surface area contributed by atoms with E-state index < -0.39 is 0 Å². The zero-order chi connectivity index (χ0) is 22.8. The summed E-state index contributed by atoms with van der Waals surface area (Å²) in [5.41, 5.74) is 0.432. The minimum Gasteiger partial charge on any atom is -0.507 e. The summed E-state index contributed by atoms with van der Waals surface area (Å²) in [5, 5.41) is 18.6. The lowest BCUT2D eigenvalue weighted by Crippen LogP contribution is -1.86. The van der Waals surface area contributed by atoms with Crippen LogP contribution < -0.4 is 9.47 Å². The number of phenols is 2. The van der Waals surface area contributed by atoms with Crippen molar-refractivity contribution in [2.24, 2.45) is 0 Å². The number of hydrogen-bond acceptors (Lipinski definition) is 6. The molecule has 6 heteroatoms. The number of hydrogen-bond donors (Lipinski definition) is 2.